The van der Waals surface area contributed by atoms with Gasteiger partial charge in [0.05, 0.1) is 24.2 Å². The van der Waals surface area contributed by atoms with E-state index in [0.717, 1.165) is 34.1 Å². The summed E-state index contributed by atoms with van der Waals surface area (Å²) in [6.07, 6.45) is 1.31. The second-order valence-corrected chi connectivity index (χ2v) is 5.22. The molecule has 1 aromatic carbocycles. The summed E-state index contributed by atoms with van der Waals surface area (Å²) in [7, 11) is 0. The van der Waals surface area contributed by atoms with Gasteiger partial charge in [0, 0.05) is 11.1 Å². The number of anilines is 1. The molecule has 0 saturated heterocycles. The van der Waals surface area contributed by atoms with Crippen LogP contribution < -0.4 is 5.32 Å². The van der Waals surface area contributed by atoms with Crippen LogP contribution >= 0.6 is 0 Å². The van der Waals surface area contributed by atoms with E-state index < -0.39 is 0 Å². The highest BCUT2D eigenvalue weighted by atomic mass is 16.1. The van der Waals surface area contributed by atoms with E-state index in [1.165, 1.54) is 0 Å². The molecule has 98 valence electrons. The maximum absolute atomic E-state index is 11.8. The summed E-state index contributed by atoms with van der Waals surface area (Å²) in [6.45, 7) is 4.53. The minimum Gasteiger partial charge on any atom is -0.337 e. The van der Waals surface area contributed by atoms with E-state index in [-0.39, 0.29) is 11.8 Å². The molecule has 4 heteroatoms. The lowest BCUT2D eigenvalue weighted by Crippen LogP contribution is -2.19. The average molecular weight is 256 g/mol. The molecule has 1 N–H and O–H groups in total. The molecule has 0 fully saturated rings. The summed E-state index contributed by atoms with van der Waals surface area (Å²) in [6, 6.07) is 5.84. The lowest BCUT2D eigenvalue weighted by atomic mass is 9.97. The predicted octanol–water partition coefficient (Wildman–Crippen LogP) is 2.46. The summed E-state index contributed by atoms with van der Waals surface area (Å²) in [5, 5.41) is 4.00. The smallest absolute Gasteiger partial charge is 0.228 e. The van der Waals surface area contributed by atoms with Crippen LogP contribution in [0.3, 0.4) is 0 Å². The molecule has 0 unspecified atom stereocenters. The molecular weight excluding hydrogens is 240 g/mol. The Morgan fingerprint density at radius 3 is 2.89 bits per heavy atom. The largest absolute Gasteiger partial charge is 0.337 e. The number of hydrogen-bond acceptors (Lipinski definition) is 2. The molecule has 4 nitrogen and oxygen atoms in total. The van der Waals surface area contributed by atoms with Gasteiger partial charge in [-0.2, -0.15) is 0 Å². The Hall–Kier alpha value is -2.10. The Labute approximate surface area is 111 Å². The van der Waals surface area contributed by atoms with E-state index in [9.17, 15) is 9.59 Å². The highest BCUT2D eigenvalue weighted by Crippen LogP contribution is 2.38. The number of benzene rings is 1. The van der Waals surface area contributed by atoms with E-state index in [0.29, 0.717) is 13.0 Å². The number of hydrogen-bond donors (Lipinski definition) is 1. The van der Waals surface area contributed by atoms with E-state index in [1.807, 2.05) is 22.8 Å². The quantitative estimate of drug-likeness (QED) is 0.858. The average Bonchev–Trinajstić information content (AvgIpc) is 2.66. The minimum atomic E-state index is 0.0192. The predicted molar refractivity (Wildman–Crippen MR) is 74.4 cm³/mol. The van der Waals surface area contributed by atoms with Gasteiger partial charge in [0.2, 0.25) is 5.91 Å². The van der Waals surface area contributed by atoms with Gasteiger partial charge in [-0.25, -0.2) is 0 Å². The molecule has 2 aromatic rings. The zero-order valence-corrected chi connectivity index (χ0v) is 11.1. The standard InChI is InChI=1S/C15H16N2O2/c1-9(2)15-10-8-13(19)16-11-4-3-5-12(14(10)11)17(15)6-7-18/h3-5,7,9H,6,8H2,1-2H3,(H,16,19). The molecule has 3 rings (SSSR count). The van der Waals surface area contributed by atoms with E-state index in [1.54, 1.807) is 0 Å². The highest BCUT2D eigenvalue weighted by molar-refractivity contribution is 6.09. The van der Waals surface area contributed by atoms with Gasteiger partial charge in [-0.05, 0) is 23.6 Å². The van der Waals surface area contributed by atoms with Gasteiger partial charge in [-0.1, -0.05) is 19.9 Å². The number of nitrogens with zero attached hydrogens (tertiary/aromatic N) is 1. The fraction of sp³-hybridized carbons (Fsp3) is 0.333. The summed E-state index contributed by atoms with van der Waals surface area (Å²) in [5.41, 5.74) is 4.06. The molecule has 2 heterocycles. The third-order valence-corrected chi connectivity index (χ3v) is 3.65. The number of rotatable bonds is 3. The number of amides is 1. The Morgan fingerprint density at radius 1 is 1.42 bits per heavy atom. The van der Waals surface area contributed by atoms with Gasteiger partial charge in [0.25, 0.3) is 0 Å². The van der Waals surface area contributed by atoms with E-state index in [4.69, 9.17) is 0 Å². The van der Waals surface area contributed by atoms with Crippen molar-refractivity contribution in [2.24, 2.45) is 0 Å². The van der Waals surface area contributed by atoms with Crippen LogP contribution in [0.25, 0.3) is 10.9 Å². The number of aldehydes is 1. The second kappa shape index (κ2) is 4.23. The first-order valence-corrected chi connectivity index (χ1v) is 6.51. The first-order valence-electron chi connectivity index (χ1n) is 6.51. The topological polar surface area (TPSA) is 51.1 Å². The molecule has 1 aliphatic heterocycles. The summed E-state index contributed by atoms with van der Waals surface area (Å²) in [5.74, 6) is 0.298. The summed E-state index contributed by atoms with van der Waals surface area (Å²) in [4.78, 5) is 22.8. The lowest BCUT2D eigenvalue weighted by molar-refractivity contribution is -0.115. The molecule has 0 saturated carbocycles. The lowest BCUT2D eigenvalue weighted by Gasteiger charge is -2.16. The number of aromatic nitrogens is 1. The minimum absolute atomic E-state index is 0.0192. The van der Waals surface area contributed by atoms with Crippen LogP contribution in [-0.2, 0) is 22.6 Å². The molecule has 0 radical (unpaired) electrons. The van der Waals surface area contributed by atoms with Crippen molar-refractivity contribution in [3.63, 3.8) is 0 Å². The van der Waals surface area contributed by atoms with Crippen molar-refractivity contribution in [3.05, 3.63) is 29.5 Å². The SMILES string of the molecule is CC(C)c1c2c3c(cccc3n1CC=O)NC(=O)C2. The van der Waals surface area contributed by atoms with E-state index >= 15 is 0 Å². The molecule has 0 atom stereocenters. The maximum Gasteiger partial charge on any atom is 0.228 e. The zero-order chi connectivity index (χ0) is 13.6. The van der Waals surface area contributed by atoms with E-state index in [2.05, 4.69) is 19.2 Å². The molecule has 1 aliphatic rings. The Kier molecular flexibility index (Phi) is 2.66. The number of carbonyl (C=O) groups is 2. The van der Waals surface area contributed by atoms with Crippen LogP contribution in [0, 0.1) is 0 Å². The molecule has 0 aliphatic carbocycles. The summed E-state index contributed by atoms with van der Waals surface area (Å²) >= 11 is 0. The van der Waals surface area contributed by atoms with Gasteiger partial charge in [-0.3, -0.25) is 4.79 Å². The Bertz CT molecular complexity index is 683. The van der Waals surface area contributed by atoms with Gasteiger partial charge in [0.15, 0.2) is 0 Å². The first-order chi connectivity index (χ1) is 9.13. The fourth-order valence-corrected chi connectivity index (χ4v) is 3.07. The van der Waals surface area contributed by atoms with Crippen LogP contribution in [0.15, 0.2) is 18.2 Å². The van der Waals surface area contributed by atoms with Gasteiger partial charge >= 0.3 is 0 Å². The highest BCUT2D eigenvalue weighted by Gasteiger charge is 2.26. The normalized spacial score (nSPS) is 13.9. The molecule has 19 heavy (non-hydrogen) atoms. The van der Waals surface area contributed by atoms with Crippen LogP contribution in [0.2, 0.25) is 0 Å². The van der Waals surface area contributed by atoms with Crippen molar-refractivity contribution in [1.82, 2.24) is 4.57 Å². The van der Waals surface area contributed by atoms with Crippen LogP contribution in [0.5, 0.6) is 0 Å². The van der Waals surface area contributed by atoms with Crippen molar-refractivity contribution < 1.29 is 9.59 Å². The Balaban J connectivity index is 2.41. The second-order valence-electron chi connectivity index (χ2n) is 5.22. The van der Waals surface area contributed by atoms with Crippen molar-refractivity contribution in [3.8, 4) is 0 Å². The Morgan fingerprint density at radius 2 is 2.21 bits per heavy atom. The van der Waals surface area contributed by atoms with Crippen LogP contribution in [0.1, 0.15) is 31.0 Å². The summed E-state index contributed by atoms with van der Waals surface area (Å²) < 4.78 is 2.03. The van der Waals surface area contributed by atoms with Crippen LogP contribution in [-0.4, -0.2) is 16.8 Å². The van der Waals surface area contributed by atoms with Crippen molar-refractivity contribution in [2.75, 3.05) is 5.32 Å². The maximum atomic E-state index is 11.8. The molecule has 1 amide bonds. The van der Waals surface area contributed by atoms with Gasteiger partial charge in [0.1, 0.15) is 6.29 Å². The van der Waals surface area contributed by atoms with Crippen molar-refractivity contribution in [2.45, 2.75) is 32.7 Å². The van der Waals surface area contributed by atoms with Gasteiger partial charge in [-0.15, -0.1) is 0 Å². The first kappa shape index (κ1) is 12.0. The monoisotopic (exact) mass is 256 g/mol. The third kappa shape index (κ3) is 1.67. The molecular formula is C15H16N2O2. The van der Waals surface area contributed by atoms with Crippen molar-refractivity contribution in [1.29, 1.82) is 0 Å². The molecule has 0 spiro atoms. The fourth-order valence-electron chi connectivity index (χ4n) is 3.07. The third-order valence-electron chi connectivity index (χ3n) is 3.65. The van der Waals surface area contributed by atoms with Crippen LogP contribution in [0.4, 0.5) is 5.69 Å². The zero-order valence-electron chi connectivity index (χ0n) is 11.1. The molecule has 1 aromatic heterocycles. The number of carbonyl (C=O) groups excluding carboxylic acids is 2. The van der Waals surface area contributed by atoms with Crippen molar-refractivity contribution >= 4 is 28.8 Å². The number of nitrogens with one attached hydrogen (secondary N) is 1. The molecule has 0 bridgehead atoms. The van der Waals surface area contributed by atoms with Gasteiger partial charge < -0.3 is 14.7 Å².